The highest BCUT2D eigenvalue weighted by molar-refractivity contribution is 5.95. The number of aryl methyl sites for hydroxylation is 1. The Kier molecular flexibility index (Phi) is 5.65. The first-order valence-corrected chi connectivity index (χ1v) is 10.3. The Bertz CT molecular complexity index is 972. The average molecular weight is 389 g/mol. The van der Waals surface area contributed by atoms with E-state index in [1.807, 2.05) is 27.8 Å². The summed E-state index contributed by atoms with van der Waals surface area (Å²) in [4.78, 5) is 17.5. The largest absolute Gasteiger partial charge is 0.368 e. The van der Waals surface area contributed by atoms with Gasteiger partial charge in [-0.3, -0.25) is 9.48 Å². The molecule has 29 heavy (non-hydrogen) atoms. The minimum atomic E-state index is 0.102. The molecular formula is C24H28N4O. The molecule has 5 nitrogen and oxygen atoms in total. The van der Waals surface area contributed by atoms with Gasteiger partial charge < -0.3 is 9.80 Å². The zero-order chi connectivity index (χ0) is 20.2. The zero-order valence-corrected chi connectivity index (χ0v) is 17.2. The van der Waals surface area contributed by atoms with Crippen molar-refractivity contribution in [3.05, 3.63) is 83.2 Å². The van der Waals surface area contributed by atoms with Crippen LogP contribution < -0.4 is 4.90 Å². The van der Waals surface area contributed by atoms with Crippen molar-refractivity contribution in [2.24, 2.45) is 0 Å². The monoisotopic (exact) mass is 388 g/mol. The lowest BCUT2D eigenvalue weighted by Crippen LogP contribution is -2.49. The predicted octanol–water partition coefficient (Wildman–Crippen LogP) is 3.76. The molecule has 150 valence electrons. The normalized spacial score (nSPS) is 14.3. The molecule has 0 spiro atoms. The van der Waals surface area contributed by atoms with E-state index in [4.69, 9.17) is 0 Å². The van der Waals surface area contributed by atoms with Crippen molar-refractivity contribution in [3.8, 4) is 0 Å². The molecule has 0 saturated carbocycles. The van der Waals surface area contributed by atoms with E-state index < -0.39 is 0 Å². The summed E-state index contributed by atoms with van der Waals surface area (Å²) in [7, 11) is 0. The summed E-state index contributed by atoms with van der Waals surface area (Å²) in [5.41, 5.74) is 5.45. The van der Waals surface area contributed by atoms with Crippen molar-refractivity contribution in [1.82, 2.24) is 14.7 Å². The van der Waals surface area contributed by atoms with Crippen LogP contribution in [0.1, 0.15) is 34.1 Å². The number of amides is 1. The van der Waals surface area contributed by atoms with E-state index in [1.54, 1.807) is 6.20 Å². The van der Waals surface area contributed by atoms with Crippen molar-refractivity contribution < 1.29 is 4.79 Å². The van der Waals surface area contributed by atoms with Crippen LogP contribution in [0.15, 0.2) is 60.8 Å². The summed E-state index contributed by atoms with van der Waals surface area (Å²) in [5.74, 6) is 0.102. The van der Waals surface area contributed by atoms with Crippen molar-refractivity contribution >= 4 is 11.6 Å². The van der Waals surface area contributed by atoms with Gasteiger partial charge in [0.15, 0.2) is 0 Å². The number of rotatable bonds is 5. The Morgan fingerprint density at radius 3 is 2.45 bits per heavy atom. The molecule has 5 heteroatoms. The molecule has 1 amide bonds. The first kappa shape index (κ1) is 19.2. The molecule has 0 atom stereocenters. The lowest BCUT2D eigenvalue weighted by atomic mass is 10.1. The first-order chi connectivity index (χ1) is 14.2. The van der Waals surface area contributed by atoms with Gasteiger partial charge in [0.1, 0.15) is 0 Å². The van der Waals surface area contributed by atoms with E-state index >= 15 is 0 Å². The molecule has 1 aliphatic heterocycles. The third-order valence-electron chi connectivity index (χ3n) is 5.62. The summed E-state index contributed by atoms with van der Waals surface area (Å²) in [6, 6.07) is 18.8. The maximum Gasteiger partial charge on any atom is 0.257 e. The fourth-order valence-corrected chi connectivity index (χ4v) is 4.02. The van der Waals surface area contributed by atoms with Crippen LogP contribution in [0.5, 0.6) is 0 Å². The molecule has 1 aromatic heterocycles. The van der Waals surface area contributed by atoms with E-state index in [0.29, 0.717) is 6.54 Å². The number of carbonyl (C=O) groups excluding carboxylic acids is 1. The highest BCUT2D eigenvalue weighted by Crippen LogP contribution is 2.20. The van der Waals surface area contributed by atoms with Crippen LogP contribution >= 0.6 is 0 Å². The standard InChI is InChI=1S/C24H28N4O/c1-3-23-22(17-25-28(23)18-20-9-5-4-6-10-20)24(29)27-14-12-26(13-15-27)21-11-7-8-19(2)16-21/h4-11,16-17H,3,12-15,18H2,1-2H3. The Balaban J connectivity index is 1.45. The highest BCUT2D eigenvalue weighted by atomic mass is 16.2. The third kappa shape index (κ3) is 4.19. The van der Waals surface area contributed by atoms with E-state index in [2.05, 4.69) is 60.2 Å². The van der Waals surface area contributed by atoms with Gasteiger partial charge in [-0.15, -0.1) is 0 Å². The smallest absolute Gasteiger partial charge is 0.257 e. The Morgan fingerprint density at radius 2 is 1.76 bits per heavy atom. The number of hydrogen-bond donors (Lipinski definition) is 0. The molecule has 1 saturated heterocycles. The van der Waals surface area contributed by atoms with Crippen LogP contribution in [0.2, 0.25) is 0 Å². The fourth-order valence-electron chi connectivity index (χ4n) is 4.02. The molecule has 3 aromatic rings. The van der Waals surface area contributed by atoms with E-state index in [1.165, 1.54) is 16.8 Å². The lowest BCUT2D eigenvalue weighted by molar-refractivity contribution is 0.0745. The maximum absolute atomic E-state index is 13.2. The molecule has 0 radical (unpaired) electrons. The van der Waals surface area contributed by atoms with Gasteiger partial charge in [-0.05, 0) is 36.6 Å². The van der Waals surface area contributed by atoms with E-state index in [-0.39, 0.29) is 5.91 Å². The third-order valence-corrected chi connectivity index (χ3v) is 5.62. The topological polar surface area (TPSA) is 41.4 Å². The van der Waals surface area contributed by atoms with Crippen molar-refractivity contribution in [1.29, 1.82) is 0 Å². The van der Waals surface area contributed by atoms with Crippen molar-refractivity contribution in [2.45, 2.75) is 26.8 Å². The van der Waals surface area contributed by atoms with Crippen molar-refractivity contribution in [2.75, 3.05) is 31.1 Å². The maximum atomic E-state index is 13.2. The van der Waals surface area contributed by atoms with Gasteiger partial charge in [-0.25, -0.2) is 0 Å². The molecule has 0 N–H and O–H groups in total. The molecule has 2 aromatic carbocycles. The van der Waals surface area contributed by atoms with Crippen molar-refractivity contribution in [3.63, 3.8) is 0 Å². The van der Waals surface area contributed by atoms with Gasteiger partial charge in [0.2, 0.25) is 0 Å². The minimum absolute atomic E-state index is 0.102. The molecule has 0 bridgehead atoms. The van der Waals surface area contributed by atoms with Gasteiger partial charge in [-0.2, -0.15) is 5.10 Å². The number of carbonyl (C=O) groups is 1. The molecule has 0 aliphatic carbocycles. The molecule has 4 rings (SSSR count). The second-order valence-electron chi connectivity index (χ2n) is 7.62. The average Bonchev–Trinajstić information content (AvgIpc) is 3.16. The zero-order valence-electron chi connectivity index (χ0n) is 17.2. The second-order valence-corrected chi connectivity index (χ2v) is 7.62. The van der Waals surface area contributed by atoms with E-state index in [9.17, 15) is 4.79 Å². The van der Waals surface area contributed by atoms with Crippen LogP contribution in [-0.4, -0.2) is 46.8 Å². The number of anilines is 1. The second kappa shape index (κ2) is 8.52. The fraction of sp³-hybridized carbons (Fsp3) is 0.333. The highest BCUT2D eigenvalue weighted by Gasteiger charge is 2.25. The predicted molar refractivity (Wildman–Crippen MR) is 116 cm³/mol. The number of hydrogen-bond acceptors (Lipinski definition) is 3. The molecule has 0 unspecified atom stereocenters. The quantitative estimate of drug-likeness (QED) is 0.668. The van der Waals surface area contributed by atoms with Gasteiger partial charge in [0.25, 0.3) is 5.91 Å². The number of nitrogens with zero attached hydrogens (tertiary/aromatic N) is 4. The van der Waals surface area contributed by atoms with Crippen LogP contribution in [0.4, 0.5) is 5.69 Å². The summed E-state index contributed by atoms with van der Waals surface area (Å²) in [6.07, 6.45) is 2.54. The number of aromatic nitrogens is 2. The van der Waals surface area contributed by atoms with Gasteiger partial charge in [0.05, 0.1) is 24.0 Å². The van der Waals surface area contributed by atoms with Gasteiger partial charge >= 0.3 is 0 Å². The summed E-state index contributed by atoms with van der Waals surface area (Å²) >= 11 is 0. The van der Waals surface area contributed by atoms with Crippen LogP contribution in [-0.2, 0) is 13.0 Å². The Morgan fingerprint density at radius 1 is 1.00 bits per heavy atom. The minimum Gasteiger partial charge on any atom is -0.368 e. The summed E-state index contributed by atoms with van der Waals surface area (Å²) in [5, 5.41) is 4.53. The molecule has 1 fully saturated rings. The summed E-state index contributed by atoms with van der Waals surface area (Å²) < 4.78 is 1.96. The van der Waals surface area contributed by atoms with Gasteiger partial charge in [-0.1, -0.05) is 49.4 Å². The van der Waals surface area contributed by atoms with E-state index in [0.717, 1.165) is 43.9 Å². The Labute approximate surface area is 172 Å². The molecular weight excluding hydrogens is 360 g/mol. The SMILES string of the molecule is CCc1c(C(=O)N2CCN(c3cccc(C)c3)CC2)cnn1Cc1ccccc1. The molecule has 2 heterocycles. The van der Waals surface area contributed by atoms with Crippen LogP contribution in [0.25, 0.3) is 0 Å². The number of piperazine rings is 1. The first-order valence-electron chi connectivity index (χ1n) is 10.3. The molecule has 1 aliphatic rings. The van der Waals surface area contributed by atoms with Crippen LogP contribution in [0.3, 0.4) is 0 Å². The van der Waals surface area contributed by atoms with Gasteiger partial charge in [0, 0.05) is 31.9 Å². The summed E-state index contributed by atoms with van der Waals surface area (Å²) in [6.45, 7) is 8.08. The van der Waals surface area contributed by atoms with Crippen LogP contribution in [0, 0.1) is 6.92 Å². The number of benzene rings is 2. The Hall–Kier alpha value is -3.08. The lowest BCUT2D eigenvalue weighted by Gasteiger charge is -2.36.